The lowest BCUT2D eigenvalue weighted by Gasteiger charge is -2.05. The van der Waals surface area contributed by atoms with Crippen LogP contribution in [0.25, 0.3) is 10.1 Å². The molecule has 2 aromatic rings. The maximum Gasteiger partial charge on any atom is 0.416 e. The highest BCUT2D eigenvalue weighted by Crippen LogP contribution is 2.35. The molecule has 0 spiro atoms. The Morgan fingerprint density at radius 3 is 2.64 bits per heavy atom. The molecule has 0 atom stereocenters. The van der Waals surface area contributed by atoms with Crippen LogP contribution in [0.1, 0.15) is 5.56 Å². The van der Waals surface area contributed by atoms with Gasteiger partial charge in [-0.3, -0.25) is 0 Å². The molecule has 0 aliphatic heterocycles. The third-order valence-corrected chi connectivity index (χ3v) is 3.07. The summed E-state index contributed by atoms with van der Waals surface area (Å²) in [7, 11) is 0. The van der Waals surface area contributed by atoms with Crippen LogP contribution in [-0.4, -0.2) is 0 Å². The van der Waals surface area contributed by atoms with Crippen LogP contribution in [0.2, 0.25) is 5.02 Å². The molecule has 0 aliphatic carbocycles. The van der Waals surface area contributed by atoms with Crippen molar-refractivity contribution < 1.29 is 13.2 Å². The summed E-state index contributed by atoms with van der Waals surface area (Å²) in [5.74, 6) is 0. The van der Waals surface area contributed by atoms with Crippen LogP contribution in [0.5, 0.6) is 0 Å². The van der Waals surface area contributed by atoms with Gasteiger partial charge in [0.05, 0.1) is 16.0 Å². The molecule has 2 rings (SSSR count). The van der Waals surface area contributed by atoms with Crippen LogP contribution >= 0.6 is 22.9 Å². The molecule has 0 saturated carbocycles. The second kappa shape index (κ2) is 3.14. The first-order chi connectivity index (χ1) is 6.48. The zero-order chi connectivity index (χ0) is 10.3. The molecule has 0 N–H and O–H groups in total. The number of fused-ring (bicyclic) bond motifs is 1. The number of hydrogen-bond donors (Lipinski definition) is 0. The minimum Gasteiger partial charge on any atom is -0.166 e. The first kappa shape index (κ1) is 9.80. The van der Waals surface area contributed by atoms with E-state index in [9.17, 15) is 13.2 Å². The van der Waals surface area contributed by atoms with Crippen LogP contribution < -0.4 is 0 Å². The van der Waals surface area contributed by atoms with Gasteiger partial charge in [0, 0.05) is 10.1 Å². The van der Waals surface area contributed by atoms with Crippen LogP contribution in [0.15, 0.2) is 18.2 Å². The molecule has 0 fully saturated rings. The number of thiophene rings is 1. The maximum absolute atomic E-state index is 12.3. The Balaban J connectivity index is 2.63. The molecule has 1 heterocycles. The van der Waals surface area contributed by atoms with Crippen LogP contribution in [0.3, 0.4) is 0 Å². The van der Waals surface area contributed by atoms with E-state index in [0.717, 1.165) is 23.5 Å². The van der Waals surface area contributed by atoms with Gasteiger partial charge in [-0.15, -0.1) is 11.3 Å². The zero-order valence-electron chi connectivity index (χ0n) is 6.65. The highest BCUT2D eigenvalue weighted by atomic mass is 35.5. The zero-order valence-corrected chi connectivity index (χ0v) is 8.22. The van der Waals surface area contributed by atoms with Crippen molar-refractivity contribution in [1.82, 2.24) is 0 Å². The summed E-state index contributed by atoms with van der Waals surface area (Å²) >= 11 is 6.80. The Bertz CT molecular complexity index is 472. The lowest BCUT2D eigenvalue weighted by molar-refractivity contribution is -0.137. The Morgan fingerprint density at radius 1 is 1.29 bits per heavy atom. The molecule has 0 aliphatic rings. The van der Waals surface area contributed by atoms with Gasteiger partial charge in [0.2, 0.25) is 0 Å². The number of benzene rings is 1. The first-order valence-electron chi connectivity index (χ1n) is 3.65. The van der Waals surface area contributed by atoms with Crippen molar-refractivity contribution in [3.8, 4) is 0 Å². The molecule has 0 nitrogen and oxygen atoms in total. The lowest BCUT2D eigenvalue weighted by atomic mass is 10.2. The van der Waals surface area contributed by atoms with Crippen molar-refractivity contribution in [1.29, 1.82) is 0 Å². The summed E-state index contributed by atoms with van der Waals surface area (Å²) in [6, 6.07) is 3.48. The lowest BCUT2D eigenvalue weighted by Crippen LogP contribution is -2.03. The van der Waals surface area contributed by atoms with E-state index in [1.165, 1.54) is 6.07 Å². The van der Waals surface area contributed by atoms with Crippen molar-refractivity contribution in [3.63, 3.8) is 0 Å². The smallest absolute Gasteiger partial charge is 0.166 e. The Morgan fingerprint density at radius 2 is 2.00 bits per heavy atom. The van der Waals surface area contributed by atoms with E-state index >= 15 is 0 Å². The molecular weight excluding hydrogens is 233 g/mol. The second-order valence-corrected chi connectivity index (χ2v) is 3.95. The van der Waals surface area contributed by atoms with Crippen molar-refractivity contribution >= 4 is 33.0 Å². The van der Waals surface area contributed by atoms with Gasteiger partial charge < -0.3 is 0 Å². The van der Waals surface area contributed by atoms with Crippen LogP contribution in [0, 0.1) is 5.38 Å². The highest BCUT2D eigenvalue weighted by molar-refractivity contribution is 7.17. The number of alkyl halides is 3. The van der Waals surface area contributed by atoms with E-state index in [1.54, 1.807) is 0 Å². The van der Waals surface area contributed by atoms with E-state index in [2.05, 4.69) is 5.38 Å². The van der Waals surface area contributed by atoms with Gasteiger partial charge in [0.25, 0.3) is 0 Å². The van der Waals surface area contributed by atoms with Gasteiger partial charge in [-0.25, -0.2) is 0 Å². The minimum absolute atomic E-state index is 0.374. The predicted molar refractivity (Wildman–Crippen MR) is 50.7 cm³/mol. The number of rotatable bonds is 0. The van der Waals surface area contributed by atoms with Gasteiger partial charge in [-0.05, 0) is 12.1 Å². The molecule has 1 aromatic carbocycles. The average Bonchev–Trinajstić information content (AvgIpc) is 2.46. The fraction of sp³-hybridized carbons (Fsp3) is 0.111. The molecular formula is C9H3ClF3S. The molecule has 1 radical (unpaired) electrons. The molecule has 5 heteroatoms. The summed E-state index contributed by atoms with van der Waals surface area (Å²) in [6.45, 7) is 0. The van der Waals surface area contributed by atoms with Crippen LogP contribution in [0.4, 0.5) is 13.2 Å². The van der Waals surface area contributed by atoms with Gasteiger partial charge in [0.15, 0.2) is 0 Å². The molecule has 73 valence electrons. The van der Waals surface area contributed by atoms with Crippen molar-refractivity contribution in [3.05, 3.63) is 34.2 Å². The summed E-state index contributed by atoms with van der Waals surface area (Å²) < 4.78 is 37.4. The predicted octanol–water partition coefficient (Wildman–Crippen LogP) is 4.37. The first-order valence-corrected chi connectivity index (χ1v) is 4.85. The number of halogens is 4. The van der Waals surface area contributed by atoms with Crippen molar-refractivity contribution in [2.24, 2.45) is 0 Å². The van der Waals surface area contributed by atoms with Crippen LogP contribution in [-0.2, 0) is 6.18 Å². The molecule has 1 aromatic heterocycles. The Labute approximate surface area is 86.9 Å². The number of hydrogen-bond acceptors (Lipinski definition) is 1. The van der Waals surface area contributed by atoms with Crippen molar-refractivity contribution in [2.75, 3.05) is 0 Å². The Hall–Kier alpha value is -0.740. The van der Waals surface area contributed by atoms with Gasteiger partial charge in [-0.2, -0.15) is 13.2 Å². The third-order valence-electron chi connectivity index (χ3n) is 1.80. The van der Waals surface area contributed by atoms with E-state index in [4.69, 9.17) is 11.6 Å². The van der Waals surface area contributed by atoms with E-state index in [1.807, 2.05) is 0 Å². The quantitative estimate of drug-likeness (QED) is 0.636. The normalized spacial score (nSPS) is 12.3. The standard InChI is InChI=1S/C9H3ClF3S/c10-7-4-14-8-3-5(9(11,12)13)1-2-6(7)8/h1-3H. The Kier molecular flexibility index (Phi) is 2.20. The van der Waals surface area contributed by atoms with E-state index in [-0.39, 0.29) is 0 Å². The van der Waals surface area contributed by atoms with E-state index < -0.39 is 11.7 Å². The third kappa shape index (κ3) is 1.60. The topological polar surface area (TPSA) is 0 Å². The van der Waals surface area contributed by atoms with Gasteiger partial charge >= 0.3 is 6.18 Å². The fourth-order valence-corrected chi connectivity index (χ4v) is 2.23. The molecule has 14 heavy (non-hydrogen) atoms. The SMILES string of the molecule is FC(F)(F)c1ccc2c(Cl)[c]sc2c1. The largest absolute Gasteiger partial charge is 0.416 e. The molecule has 0 unspecified atom stereocenters. The summed E-state index contributed by atoms with van der Waals surface area (Å²) in [6.07, 6.45) is -4.30. The monoisotopic (exact) mass is 235 g/mol. The summed E-state index contributed by atoms with van der Waals surface area (Å²) in [5.41, 5.74) is -0.656. The fourth-order valence-electron chi connectivity index (χ4n) is 1.12. The maximum atomic E-state index is 12.3. The van der Waals surface area contributed by atoms with Crippen molar-refractivity contribution in [2.45, 2.75) is 6.18 Å². The molecule has 0 amide bonds. The van der Waals surface area contributed by atoms with Gasteiger partial charge in [-0.1, -0.05) is 17.7 Å². The average molecular weight is 236 g/mol. The summed E-state index contributed by atoms with van der Waals surface area (Å²) in [5, 5.41) is 3.68. The summed E-state index contributed by atoms with van der Waals surface area (Å²) in [4.78, 5) is 0. The van der Waals surface area contributed by atoms with E-state index in [0.29, 0.717) is 15.1 Å². The van der Waals surface area contributed by atoms with Gasteiger partial charge in [0.1, 0.15) is 0 Å². The molecule has 0 bridgehead atoms. The second-order valence-electron chi connectivity index (χ2n) is 2.73. The highest BCUT2D eigenvalue weighted by Gasteiger charge is 2.30. The minimum atomic E-state index is -4.30. The molecule has 0 saturated heterocycles.